The number of allylic oxidation sites excluding steroid dienone is 3. The first kappa shape index (κ1) is 24.6. The van der Waals surface area contributed by atoms with Crippen LogP contribution in [0, 0.1) is 5.92 Å². The number of ketones is 1. The van der Waals surface area contributed by atoms with Crippen LogP contribution in [0.5, 0.6) is 0 Å². The van der Waals surface area contributed by atoms with Crippen molar-refractivity contribution >= 4 is 17.7 Å². The maximum Gasteiger partial charge on any atom is 0.345 e. The number of carbonyl (C=O) groups excluding carboxylic acids is 2. The van der Waals surface area contributed by atoms with Crippen molar-refractivity contribution in [1.82, 2.24) is 0 Å². The Morgan fingerprint density at radius 2 is 1.97 bits per heavy atom. The number of carbonyl (C=O) groups is 3. The molecule has 0 radical (unpaired) electrons. The van der Waals surface area contributed by atoms with Crippen LogP contribution in [0.3, 0.4) is 0 Å². The third-order valence-electron chi connectivity index (χ3n) is 5.02. The Morgan fingerprint density at radius 1 is 1.34 bits per heavy atom. The summed E-state index contributed by atoms with van der Waals surface area (Å²) in [7, 11) is 0. The van der Waals surface area contributed by atoms with Gasteiger partial charge in [-0.25, -0.2) is 9.59 Å². The van der Waals surface area contributed by atoms with Crippen molar-refractivity contribution in [3.05, 3.63) is 35.6 Å². The van der Waals surface area contributed by atoms with Gasteiger partial charge in [0.1, 0.15) is 17.4 Å². The number of rotatable bonds is 10. The molecule has 0 aromatic carbocycles. The Hall–Kier alpha value is -2.45. The molecule has 0 aliphatic carbocycles. The summed E-state index contributed by atoms with van der Waals surface area (Å²) in [5.74, 6) is -3.67. The fraction of sp³-hybridized carbons (Fsp3) is 0.571. The number of carboxylic acids is 1. The van der Waals surface area contributed by atoms with E-state index in [1.807, 2.05) is 0 Å². The van der Waals surface area contributed by atoms with Crippen LogP contribution in [0.2, 0.25) is 0 Å². The molecule has 4 unspecified atom stereocenters. The van der Waals surface area contributed by atoms with Crippen molar-refractivity contribution < 1.29 is 39.5 Å². The third-order valence-corrected chi connectivity index (χ3v) is 5.02. The SMILES string of the molecule is C=C(CC=CC(O)(C(=O)O)C(O)C(C)CC)CCC(O)=C1C(=O)CC(C)OC1=O. The normalized spacial score (nSPS) is 23.3. The molecule has 0 aromatic rings. The lowest BCUT2D eigenvalue weighted by atomic mass is 9.85. The predicted molar refractivity (Wildman–Crippen MR) is 105 cm³/mol. The number of esters is 1. The summed E-state index contributed by atoms with van der Waals surface area (Å²) in [6, 6.07) is 0. The van der Waals surface area contributed by atoms with Gasteiger partial charge in [-0.1, -0.05) is 38.5 Å². The van der Waals surface area contributed by atoms with Gasteiger partial charge in [0.25, 0.3) is 0 Å². The van der Waals surface area contributed by atoms with E-state index in [0.717, 1.165) is 6.08 Å². The molecule has 1 aliphatic rings. The number of ether oxygens (including phenoxy) is 1. The van der Waals surface area contributed by atoms with E-state index in [9.17, 15) is 34.8 Å². The number of hydrogen-bond donors (Lipinski definition) is 4. The van der Waals surface area contributed by atoms with Crippen LogP contribution in [-0.2, 0) is 19.1 Å². The third kappa shape index (κ3) is 6.27. The average molecular weight is 410 g/mol. The molecule has 0 bridgehead atoms. The number of aliphatic hydroxyl groups is 3. The Bertz CT molecular complexity index is 700. The van der Waals surface area contributed by atoms with Gasteiger partial charge in [-0.05, 0) is 31.8 Å². The molecule has 1 aliphatic heterocycles. The number of carboxylic acid groups (broad SMARTS) is 1. The van der Waals surface area contributed by atoms with Crippen molar-refractivity contribution in [2.45, 2.75) is 70.7 Å². The van der Waals surface area contributed by atoms with Gasteiger partial charge in [-0.15, -0.1) is 0 Å². The molecule has 1 rings (SSSR count). The fourth-order valence-electron chi connectivity index (χ4n) is 2.92. The highest BCUT2D eigenvalue weighted by molar-refractivity contribution is 6.19. The molecule has 29 heavy (non-hydrogen) atoms. The van der Waals surface area contributed by atoms with Gasteiger partial charge in [0.05, 0.1) is 6.10 Å². The second-order valence-electron chi connectivity index (χ2n) is 7.48. The van der Waals surface area contributed by atoms with Crippen molar-refractivity contribution in [3.63, 3.8) is 0 Å². The quantitative estimate of drug-likeness (QED) is 0.141. The van der Waals surface area contributed by atoms with Crippen LogP contribution >= 0.6 is 0 Å². The van der Waals surface area contributed by atoms with E-state index in [0.29, 0.717) is 12.0 Å². The standard InChI is InChI=1S/C21H30O8/c1-5-13(3)18(24)21(28,20(26)27)10-6-7-12(2)8-9-15(22)17-16(23)11-14(4)29-19(17)25/h6,10,13-14,18,22,24,28H,2,5,7-9,11H2,1,3-4H3,(H,26,27). The van der Waals surface area contributed by atoms with E-state index in [1.165, 1.54) is 6.08 Å². The van der Waals surface area contributed by atoms with Crippen LogP contribution in [0.4, 0.5) is 0 Å². The molecule has 0 amide bonds. The lowest BCUT2D eigenvalue weighted by Gasteiger charge is -2.29. The van der Waals surface area contributed by atoms with Crippen LogP contribution in [-0.4, -0.2) is 56.0 Å². The summed E-state index contributed by atoms with van der Waals surface area (Å²) < 4.78 is 4.95. The van der Waals surface area contributed by atoms with Crippen molar-refractivity contribution in [3.8, 4) is 0 Å². The van der Waals surface area contributed by atoms with Gasteiger partial charge in [0, 0.05) is 12.8 Å². The van der Waals surface area contributed by atoms with Crippen LogP contribution in [0.15, 0.2) is 35.6 Å². The van der Waals surface area contributed by atoms with Crippen molar-refractivity contribution in [2.24, 2.45) is 5.92 Å². The van der Waals surface area contributed by atoms with E-state index in [4.69, 9.17) is 4.74 Å². The molecule has 0 spiro atoms. The average Bonchev–Trinajstić information content (AvgIpc) is 2.63. The molecule has 8 nitrogen and oxygen atoms in total. The maximum atomic E-state index is 11.9. The minimum absolute atomic E-state index is 0.00405. The smallest absolute Gasteiger partial charge is 0.345 e. The highest BCUT2D eigenvalue weighted by Gasteiger charge is 2.43. The summed E-state index contributed by atoms with van der Waals surface area (Å²) in [5, 5.41) is 39.9. The van der Waals surface area contributed by atoms with Gasteiger partial charge in [0.15, 0.2) is 5.78 Å². The van der Waals surface area contributed by atoms with Crippen LogP contribution < -0.4 is 0 Å². The van der Waals surface area contributed by atoms with Crippen molar-refractivity contribution in [2.75, 3.05) is 0 Å². The topological polar surface area (TPSA) is 141 Å². The van der Waals surface area contributed by atoms with Gasteiger partial charge < -0.3 is 25.2 Å². The van der Waals surface area contributed by atoms with E-state index in [-0.39, 0.29) is 37.0 Å². The molecular weight excluding hydrogens is 380 g/mol. The Morgan fingerprint density at radius 3 is 2.48 bits per heavy atom. The summed E-state index contributed by atoms with van der Waals surface area (Å²) in [4.78, 5) is 35.2. The molecule has 0 aromatic heterocycles. The Labute approximate surface area is 170 Å². The highest BCUT2D eigenvalue weighted by atomic mass is 16.5. The molecule has 4 atom stereocenters. The molecule has 1 saturated heterocycles. The van der Waals surface area contributed by atoms with Crippen molar-refractivity contribution in [1.29, 1.82) is 0 Å². The van der Waals surface area contributed by atoms with E-state index < -0.39 is 41.4 Å². The van der Waals surface area contributed by atoms with Gasteiger partial charge in [0.2, 0.25) is 5.60 Å². The zero-order valence-corrected chi connectivity index (χ0v) is 17.1. The number of hydrogen-bond acceptors (Lipinski definition) is 7. The monoisotopic (exact) mass is 410 g/mol. The Kier molecular flexibility index (Phi) is 8.79. The number of aliphatic hydroxyl groups excluding tert-OH is 2. The number of cyclic esters (lactones) is 1. The zero-order chi connectivity index (χ0) is 22.4. The highest BCUT2D eigenvalue weighted by Crippen LogP contribution is 2.25. The lowest BCUT2D eigenvalue weighted by Crippen LogP contribution is -2.50. The van der Waals surface area contributed by atoms with Crippen LogP contribution in [0.25, 0.3) is 0 Å². The number of Topliss-reactive ketones (excluding diaryl/α,β-unsaturated/α-hetero) is 1. The first-order valence-corrected chi connectivity index (χ1v) is 9.58. The molecule has 0 saturated carbocycles. The second-order valence-corrected chi connectivity index (χ2v) is 7.48. The molecule has 162 valence electrons. The first-order chi connectivity index (χ1) is 13.4. The minimum Gasteiger partial charge on any atom is -0.511 e. The van der Waals surface area contributed by atoms with E-state index in [1.54, 1.807) is 20.8 Å². The predicted octanol–water partition coefficient (Wildman–Crippen LogP) is 2.21. The minimum atomic E-state index is -2.42. The van der Waals surface area contributed by atoms with Gasteiger partial charge >= 0.3 is 11.9 Å². The lowest BCUT2D eigenvalue weighted by molar-refractivity contribution is -0.167. The van der Waals surface area contributed by atoms with E-state index in [2.05, 4.69) is 6.58 Å². The molecule has 4 N–H and O–H groups in total. The summed E-state index contributed by atoms with van der Waals surface area (Å²) >= 11 is 0. The summed E-state index contributed by atoms with van der Waals surface area (Å²) in [6.45, 7) is 8.81. The molecular formula is C21H30O8. The van der Waals surface area contributed by atoms with Crippen LogP contribution in [0.1, 0.15) is 52.9 Å². The second kappa shape index (κ2) is 10.4. The fourth-order valence-corrected chi connectivity index (χ4v) is 2.92. The largest absolute Gasteiger partial charge is 0.511 e. The molecule has 8 heteroatoms. The summed E-state index contributed by atoms with van der Waals surface area (Å²) in [6.07, 6.45) is 1.32. The van der Waals surface area contributed by atoms with Gasteiger partial charge in [-0.2, -0.15) is 0 Å². The number of aliphatic carboxylic acids is 1. The summed E-state index contributed by atoms with van der Waals surface area (Å²) in [5.41, 5.74) is -2.19. The molecule has 1 heterocycles. The van der Waals surface area contributed by atoms with E-state index >= 15 is 0 Å². The Balaban J connectivity index is 2.73. The molecule has 1 fully saturated rings. The first-order valence-electron chi connectivity index (χ1n) is 9.58. The van der Waals surface area contributed by atoms with Gasteiger partial charge in [-0.3, -0.25) is 4.79 Å². The maximum absolute atomic E-state index is 11.9. The zero-order valence-electron chi connectivity index (χ0n) is 17.1.